The van der Waals surface area contributed by atoms with E-state index in [4.69, 9.17) is 5.26 Å². The molecular formula is C10H17N3O3. The van der Waals surface area contributed by atoms with Crippen LogP contribution in [0.25, 0.3) is 0 Å². The van der Waals surface area contributed by atoms with Crippen LogP contribution in [0.2, 0.25) is 0 Å². The summed E-state index contributed by atoms with van der Waals surface area (Å²) < 4.78 is 4.57. The largest absolute Gasteiger partial charge is 0.469 e. The summed E-state index contributed by atoms with van der Waals surface area (Å²) in [5.41, 5.74) is 0. The van der Waals surface area contributed by atoms with Crippen molar-refractivity contribution >= 4 is 11.9 Å². The Labute approximate surface area is 95.2 Å². The van der Waals surface area contributed by atoms with Crippen LogP contribution in [0.15, 0.2) is 0 Å². The predicted molar refractivity (Wildman–Crippen MR) is 57.3 cm³/mol. The van der Waals surface area contributed by atoms with E-state index in [0.29, 0.717) is 6.54 Å². The Kier molecular flexibility index (Phi) is 6.88. The maximum atomic E-state index is 11.2. The highest BCUT2D eigenvalue weighted by Gasteiger charge is 2.16. The number of nitriles is 1. The minimum Gasteiger partial charge on any atom is -0.469 e. The zero-order valence-electron chi connectivity index (χ0n) is 9.82. The van der Waals surface area contributed by atoms with Gasteiger partial charge in [0.2, 0.25) is 5.91 Å². The minimum absolute atomic E-state index is 0.000765. The van der Waals surface area contributed by atoms with Gasteiger partial charge in [-0.05, 0) is 7.05 Å². The summed E-state index contributed by atoms with van der Waals surface area (Å²) in [4.78, 5) is 24.0. The quantitative estimate of drug-likeness (QED) is 0.482. The van der Waals surface area contributed by atoms with Crippen molar-refractivity contribution in [1.29, 1.82) is 5.26 Å². The number of hydrogen-bond acceptors (Lipinski definition) is 5. The molecule has 0 aromatic heterocycles. The third kappa shape index (κ3) is 5.98. The molecule has 0 aliphatic carbocycles. The van der Waals surface area contributed by atoms with Crippen LogP contribution in [0.3, 0.4) is 0 Å². The normalized spacial score (nSPS) is 11.7. The molecule has 1 atom stereocenters. The molecule has 6 heteroatoms. The summed E-state index contributed by atoms with van der Waals surface area (Å²) in [6, 6.07) is 1.82. The second-order valence-corrected chi connectivity index (χ2v) is 3.56. The number of hydrogen-bond donors (Lipinski definition) is 1. The van der Waals surface area contributed by atoms with Crippen LogP contribution in [0.4, 0.5) is 0 Å². The summed E-state index contributed by atoms with van der Waals surface area (Å²) in [5.74, 6) is -0.816. The molecule has 0 aromatic rings. The van der Waals surface area contributed by atoms with Gasteiger partial charge in [-0.1, -0.05) is 6.92 Å². The van der Waals surface area contributed by atoms with E-state index in [2.05, 4.69) is 10.1 Å². The van der Waals surface area contributed by atoms with Crippen molar-refractivity contribution in [3.8, 4) is 6.07 Å². The highest BCUT2D eigenvalue weighted by molar-refractivity contribution is 5.78. The van der Waals surface area contributed by atoms with E-state index in [-0.39, 0.29) is 30.9 Å². The van der Waals surface area contributed by atoms with E-state index in [9.17, 15) is 9.59 Å². The van der Waals surface area contributed by atoms with Gasteiger partial charge in [-0.2, -0.15) is 5.26 Å². The number of amides is 1. The van der Waals surface area contributed by atoms with Gasteiger partial charge in [-0.3, -0.25) is 14.5 Å². The molecule has 1 amide bonds. The van der Waals surface area contributed by atoms with Crippen LogP contribution in [0.5, 0.6) is 0 Å². The Morgan fingerprint density at radius 3 is 2.69 bits per heavy atom. The average Bonchev–Trinajstić information content (AvgIpc) is 2.24. The molecule has 0 rings (SSSR count). The highest BCUT2D eigenvalue weighted by Crippen LogP contribution is 1.99. The minimum atomic E-state index is -0.302. The number of carbonyl (C=O) groups is 2. The molecule has 16 heavy (non-hydrogen) atoms. The Morgan fingerprint density at radius 1 is 1.56 bits per heavy atom. The van der Waals surface area contributed by atoms with E-state index in [1.807, 2.05) is 6.07 Å². The molecule has 0 saturated heterocycles. The SMILES string of the molecule is COC(=O)C(C)CN(C)CC(=O)NCC#N. The van der Waals surface area contributed by atoms with Gasteiger partial charge in [0, 0.05) is 6.54 Å². The van der Waals surface area contributed by atoms with E-state index < -0.39 is 0 Å². The van der Waals surface area contributed by atoms with Gasteiger partial charge in [0.05, 0.1) is 25.6 Å². The molecule has 0 bridgehead atoms. The predicted octanol–water partition coefficient (Wildman–Crippen LogP) is -0.633. The van der Waals surface area contributed by atoms with E-state index >= 15 is 0 Å². The number of likely N-dealkylation sites (N-methyl/N-ethyl adjacent to an activating group) is 1. The lowest BCUT2D eigenvalue weighted by Gasteiger charge is -2.18. The lowest BCUT2D eigenvalue weighted by atomic mass is 10.2. The van der Waals surface area contributed by atoms with Gasteiger partial charge in [-0.15, -0.1) is 0 Å². The first-order valence-corrected chi connectivity index (χ1v) is 4.91. The summed E-state index contributed by atoms with van der Waals surface area (Å²) >= 11 is 0. The first-order chi connectivity index (χ1) is 7.51. The lowest BCUT2D eigenvalue weighted by molar-refractivity contribution is -0.145. The smallest absolute Gasteiger partial charge is 0.309 e. The van der Waals surface area contributed by atoms with Crippen molar-refractivity contribution in [2.45, 2.75) is 6.92 Å². The molecule has 90 valence electrons. The summed E-state index contributed by atoms with van der Waals surface area (Å²) in [7, 11) is 3.06. The zero-order chi connectivity index (χ0) is 12.6. The zero-order valence-corrected chi connectivity index (χ0v) is 9.82. The molecule has 1 N–H and O–H groups in total. The number of ether oxygens (including phenoxy) is 1. The van der Waals surface area contributed by atoms with Gasteiger partial charge in [-0.25, -0.2) is 0 Å². The van der Waals surface area contributed by atoms with E-state index in [1.54, 1.807) is 18.9 Å². The fourth-order valence-electron chi connectivity index (χ4n) is 1.25. The number of rotatable bonds is 6. The van der Waals surface area contributed by atoms with Crippen molar-refractivity contribution in [3.63, 3.8) is 0 Å². The third-order valence-corrected chi connectivity index (χ3v) is 1.97. The molecule has 0 aliphatic rings. The Hall–Kier alpha value is -1.61. The van der Waals surface area contributed by atoms with Crippen molar-refractivity contribution < 1.29 is 14.3 Å². The topological polar surface area (TPSA) is 82.4 Å². The second-order valence-electron chi connectivity index (χ2n) is 3.56. The molecule has 0 radical (unpaired) electrons. The van der Waals surface area contributed by atoms with Gasteiger partial charge < -0.3 is 10.1 Å². The van der Waals surface area contributed by atoms with Crippen LogP contribution in [-0.2, 0) is 14.3 Å². The molecule has 0 heterocycles. The Morgan fingerprint density at radius 2 is 2.19 bits per heavy atom. The standard InChI is InChI=1S/C10H17N3O3/c1-8(10(15)16-3)6-13(2)7-9(14)12-5-4-11/h8H,5-7H2,1-3H3,(H,12,14). The van der Waals surface area contributed by atoms with Crippen LogP contribution in [-0.4, -0.2) is 50.6 Å². The fourth-order valence-corrected chi connectivity index (χ4v) is 1.25. The molecule has 0 aromatic carbocycles. The van der Waals surface area contributed by atoms with Gasteiger partial charge >= 0.3 is 5.97 Å². The van der Waals surface area contributed by atoms with Gasteiger partial charge in [0.1, 0.15) is 6.54 Å². The maximum Gasteiger partial charge on any atom is 0.309 e. The highest BCUT2D eigenvalue weighted by atomic mass is 16.5. The molecule has 0 fully saturated rings. The van der Waals surface area contributed by atoms with Gasteiger partial charge in [0.25, 0.3) is 0 Å². The number of nitrogens with one attached hydrogen (secondary N) is 1. The number of carbonyl (C=O) groups excluding carboxylic acids is 2. The molecule has 1 unspecified atom stereocenters. The number of nitrogens with zero attached hydrogens (tertiary/aromatic N) is 2. The van der Waals surface area contributed by atoms with Crippen molar-refractivity contribution in [1.82, 2.24) is 10.2 Å². The van der Waals surface area contributed by atoms with Crippen molar-refractivity contribution in [3.05, 3.63) is 0 Å². The molecule has 0 saturated carbocycles. The third-order valence-electron chi connectivity index (χ3n) is 1.97. The van der Waals surface area contributed by atoms with Crippen LogP contribution >= 0.6 is 0 Å². The number of methoxy groups -OCH3 is 1. The molecule has 0 spiro atoms. The molecular weight excluding hydrogens is 210 g/mol. The second kappa shape index (κ2) is 7.65. The van der Waals surface area contributed by atoms with E-state index in [1.165, 1.54) is 7.11 Å². The molecule has 6 nitrogen and oxygen atoms in total. The lowest BCUT2D eigenvalue weighted by Crippen LogP contribution is -2.38. The van der Waals surface area contributed by atoms with Crippen molar-refractivity contribution in [2.24, 2.45) is 5.92 Å². The van der Waals surface area contributed by atoms with Crippen molar-refractivity contribution in [2.75, 3.05) is 33.8 Å². The summed E-state index contributed by atoms with van der Waals surface area (Å²) in [6.45, 7) is 2.32. The Balaban J connectivity index is 3.90. The maximum absolute atomic E-state index is 11.2. The first kappa shape index (κ1) is 14.4. The van der Waals surface area contributed by atoms with E-state index in [0.717, 1.165) is 0 Å². The van der Waals surface area contributed by atoms with Gasteiger partial charge in [0.15, 0.2) is 0 Å². The van der Waals surface area contributed by atoms with Crippen LogP contribution in [0, 0.1) is 17.2 Å². The summed E-state index contributed by atoms with van der Waals surface area (Å²) in [5, 5.41) is 10.7. The van der Waals surface area contributed by atoms with Crippen LogP contribution < -0.4 is 5.32 Å². The number of esters is 1. The fraction of sp³-hybridized carbons (Fsp3) is 0.700. The first-order valence-electron chi connectivity index (χ1n) is 4.91. The summed E-state index contributed by atoms with van der Waals surface area (Å²) in [6.07, 6.45) is 0. The monoisotopic (exact) mass is 227 g/mol. The average molecular weight is 227 g/mol. The molecule has 0 aliphatic heterocycles. The Bertz CT molecular complexity index is 286. The van der Waals surface area contributed by atoms with Crippen LogP contribution in [0.1, 0.15) is 6.92 Å².